The number of carbonyl (C=O) groups is 1. The van der Waals surface area contributed by atoms with Gasteiger partial charge in [0.1, 0.15) is 0 Å². The molecule has 0 spiro atoms. The van der Waals surface area contributed by atoms with Gasteiger partial charge in [-0.15, -0.1) is 0 Å². The van der Waals surface area contributed by atoms with E-state index in [0.29, 0.717) is 5.33 Å². The first-order chi connectivity index (χ1) is 9.92. The number of ether oxygens (including phenoxy) is 1. The van der Waals surface area contributed by atoms with Crippen molar-refractivity contribution in [1.29, 1.82) is 0 Å². The SMILES string of the molecule is CCC(CC)(CBr)NC(=O)c1ccc(OC)c([N+](=O)[O-])c1. The molecule has 0 unspecified atom stereocenters. The summed E-state index contributed by atoms with van der Waals surface area (Å²) in [7, 11) is 1.35. The molecule has 0 fully saturated rings. The number of methoxy groups -OCH3 is 1. The molecule has 1 aromatic carbocycles. The van der Waals surface area contributed by atoms with Gasteiger partial charge in [0.15, 0.2) is 5.75 Å². The number of nitrogens with one attached hydrogen (secondary N) is 1. The minimum absolute atomic E-state index is 0.134. The fourth-order valence-electron chi connectivity index (χ4n) is 1.94. The van der Waals surface area contributed by atoms with Crippen LogP contribution in [0.3, 0.4) is 0 Å². The third-order valence-electron chi connectivity index (χ3n) is 3.63. The molecule has 7 heteroatoms. The molecular formula is C14H19BrN2O4. The first-order valence-electron chi connectivity index (χ1n) is 6.64. The molecule has 1 rings (SSSR count). The van der Waals surface area contributed by atoms with E-state index in [9.17, 15) is 14.9 Å². The smallest absolute Gasteiger partial charge is 0.311 e. The number of hydrogen-bond acceptors (Lipinski definition) is 4. The fraction of sp³-hybridized carbons (Fsp3) is 0.500. The predicted octanol–water partition coefficient (Wildman–Crippen LogP) is 3.29. The van der Waals surface area contributed by atoms with Crippen LogP contribution in [0.4, 0.5) is 5.69 Å². The van der Waals surface area contributed by atoms with Gasteiger partial charge < -0.3 is 10.1 Å². The number of rotatable bonds is 7. The first kappa shape index (κ1) is 17.4. The summed E-state index contributed by atoms with van der Waals surface area (Å²) in [4.78, 5) is 22.7. The molecule has 0 saturated carbocycles. The van der Waals surface area contributed by atoms with E-state index in [4.69, 9.17) is 4.74 Å². The highest BCUT2D eigenvalue weighted by Gasteiger charge is 2.28. The van der Waals surface area contributed by atoms with Crippen LogP contribution in [0.5, 0.6) is 5.75 Å². The fourth-order valence-corrected chi connectivity index (χ4v) is 2.87. The van der Waals surface area contributed by atoms with Crippen molar-refractivity contribution in [3.05, 3.63) is 33.9 Å². The lowest BCUT2D eigenvalue weighted by molar-refractivity contribution is -0.385. The summed E-state index contributed by atoms with van der Waals surface area (Å²) in [5.74, 6) is -0.196. The summed E-state index contributed by atoms with van der Waals surface area (Å²) in [5.41, 5.74) is -0.330. The molecule has 21 heavy (non-hydrogen) atoms. The number of halogens is 1. The number of carbonyl (C=O) groups excluding carboxylic acids is 1. The van der Waals surface area contributed by atoms with Gasteiger partial charge in [0.2, 0.25) is 0 Å². The molecule has 1 aromatic rings. The second-order valence-corrected chi connectivity index (χ2v) is 5.28. The number of amides is 1. The number of alkyl halides is 1. The zero-order valence-electron chi connectivity index (χ0n) is 12.3. The van der Waals surface area contributed by atoms with Crippen molar-refractivity contribution < 1.29 is 14.5 Å². The van der Waals surface area contributed by atoms with E-state index in [0.717, 1.165) is 12.8 Å². The molecule has 0 bridgehead atoms. The van der Waals surface area contributed by atoms with E-state index in [-0.39, 0.29) is 28.4 Å². The number of hydrogen-bond donors (Lipinski definition) is 1. The Hall–Kier alpha value is -1.63. The highest BCUT2D eigenvalue weighted by atomic mass is 79.9. The standard InChI is InChI=1S/C14H19BrN2O4/c1-4-14(5-2,9-15)16-13(18)10-6-7-12(21-3)11(8-10)17(19)20/h6-8H,4-5,9H2,1-3H3,(H,16,18). The monoisotopic (exact) mass is 358 g/mol. The van der Waals surface area contributed by atoms with Gasteiger partial charge in [0.25, 0.3) is 5.91 Å². The van der Waals surface area contributed by atoms with Crippen molar-refractivity contribution >= 4 is 27.5 Å². The van der Waals surface area contributed by atoms with E-state index in [1.54, 1.807) is 0 Å². The number of nitro benzene ring substituents is 1. The van der Waals surface area contributed by atoms with E-state index in [2.05, 4.69) is 21.2 Å². The van der Waals surface area contributed by atoms with E-state index >= 15 is 0 Å². The predicted molar refractivity (Wildman–Crippen MR) is 84.2 cm³/mol. The maximum Gasteiger partial charge on any atom is 0.311 e. The Morgan fingerprint density at radius 1 is 1.43 bits per heavy atom. The first-order valence-corrected chi connectivity index (χ1v) is 7.76. The second-order valence-electron chi connectivity index (χ2n) is 4.72. The van der Waals surface area contributed by atoms with Crippen molar-refractivity contribution in [1.82, 2.24) is 5.32 Å². The zero-order chi connectivity index (χ0) is 16.0. The summed E-state index contributed by atoms with van der Waals surface area (Å²) in [6, 6.07) is 4.19. The highest BCUT2D eigenvalue weighted by Crippen LogP contribution is 2.28. The number of nitro groups is 1. The Balaban J connectivity index is 3.08. The van der Waals surface area contributed by atoms with Gasteiger partial charge in [-0.05, 0) is 25.0 Å². The molecule has 0 saturated heterocycles. The Morgan fingerprint density at radius 2 is 2.05 bits per heavy atom. The maximum absolute atomic E-state index is 12.3. The van der Waals surface area contributed by atoms with E-state index < -0.39 is 4.92 Å². The largest absolute Gasteiger partial charge is 0.490 e. The molecule has 0 aliphatic heterocycles. The highest BCUT2D eigenvalue weighted by molar-refractivity contribution is 9.09. The molecule has 6 nitrogen and oxygen atoms in total. The Labute approximate surface area is 132 Å². The van der Waals surface area contributed by atoms with Crippen molar-refractivity contribution in [3.8, 4) is 5.75 Å². The molecule has 0 atom stereocenters. The van der Waals surface area contributed by atoms with Crippen LogP contribution >= 0.6 is 15.9 Å². The minimum atomic E-state index is -0.563. The lowest BCUT2D eigenvalue weighted by Gasteiger charge is -2.30. The average molecular weight is 359 g/mol. The van der Waals surface area contributed by atoms with Crippen LogP contribution in [-0.4, -0.2) is 28.8 Å². The quantitative estimate of drug-likeness (QED) is 0.460. The lowest BCUT2D eigenvalue weighted by atomic mass is 9.95. The van der Waals surface area contributed by atoms with Crippen molar-refractivity contribution in [3.63, 3.8) is 0 Å². The van der Waals surface area contributed by atoms with Gasteiger partial charge in [-0.25, -0.2) is 0 Å². The minimum Gasteiger partial charge on any atom is -0.490 e. The van der Waals surface area contributed by atoms with Crippen LogP contribution in [0.1, 0.15) is 37.0 Å². The Bertz CT molecular complexity index is 521. The average Bonchev–Trinajstić information content (AvgIpc) is 2.51. The van der Waals surface area contributed by atoms with Crippen LogP contribution in [0, 0.1) is 10.1 Å². The Morgan fingerprint density at radius 3 is 2.48 bits per heavy atom. The molecule has 1 amide bonds. The van der Waals surface area contributed by atoms with E-state index in [1.807, 2.05) is 13.8 Å². The third kappa shape index (κ3) is 3.93. The second kappa shape index (κ2) is 7.40. The molecule has 1 N–H and O–H groups in total. The van der Waals surface area contributed by atoms with Gasteiger partial charge in [-0.1, -0.05) is 29.8 Å². The molecule has 0 aromatic heterocycles. The third-order valence-corrected chi connectivity index (χ3v) is 4.70. The van der Waals surface area contributed by atoms with Gasteiger partial charge in [-0.3, -0.25) is 14.9 Å². The topological polar surface area (TPSA) is 81.5 Å². The van der Waals surface area contributed by atoms with Crippen LogP contribution < -0.4 is 10.1 Å². The van der Waals surface area contributed by atoms with Crippen LogP contribution in [-0.2, 0) is 0 Å². The molecular weight excluding hydrogens is 340 g/mol. The molecule has 0 aliphatic rings. The molecule has 0 heterocycles. The normalized spacial score (nSPS) is 11.0. The van der Waals surface area contributed by atoms with Crippen molar-refractivity contribution in [2.75, 3.05) is 12.4 Å². The summed E-state index contributed by atoms with van der Waals surface area (Å²) in [6.45, 7) is 3.98. The number of nitrogens with zero attached hydrogens (tertiary/aromatic N) is 1. The van der Waals surface area contributed by atoms with Gasteiger partial charge in [0.05, 0.1) is 12.0 Å². The van der Waals surface area contributed by atoms with Crippen molar-refractivity contribution in [2.24, 2.45) is 0 Å². The van der Waals surface area contributed by atoms with E-state index in [1.165, 1.54) is 25.3 Å². The molecule has 0 radical (unpaired) electrons. The zero-order valence-corrected chi connectivity index (χ0v) is 13.9. The maximum atomic E-state index is 12.3. The van der Waals surface area contributed by atoms with Gasteiger partial charge in [-0.2, -0.15) is 0 Å². The van der Waals surface area contributed by atoms with Gasteiger partial charge >= 0.3 is 5.69 Å². The van der Waals surface area contributed by atoms with Crippen LogP contribution in [0.15, 0.2) is 18.2 Å². The summed E-state index contributed by atoms with van der Waals surface area (Å²) < 4.78 is 4.92. The molecule has 0 aliphatic carbocycles. The summed E-state index contributed by atoms with van der Waals surface area (Å²) in [5, 5.41) is 14.6. The summed E-state index contributed by atoms with van der Waals surface area (Å²) in [6.07, 6.45) is 1.53. The Kier molecular flexibility index (Phi) is 6.14. The van der Waals surface area contributed by atoms with Crippen LogP contribution in [0.25, 0.3) is 0 Å². The number of benzene rings is 1. The lowest BCUT2D eigenvalue weighted by Crippen LogP contribution is -2.49. The van der Waals surface area contributed by atoms with Crippen molar-refractivity contribution in [2.45, 2.75) is 32.2 Å². The van der Waals surface area contributed by atoms with Crippen LogP contribution in [0.2, 0.25) is 0 Å². The molecule has 116 valence electrons. The summed E-state index contributed by atoms with van der Waals surface area (Å²) >= 11 is 3.41. The van der Waals surface area contributed by atoms with Gasteiger partial charge in [0, 0.05) is 22.5 Å².